The highest BCUT2D eigenvalue weighted by Crippen LogP contribution is 2.21. The molecule has 1 aliphatic rings. The second kappa shape index (κ2) is 7.97. The number of carbonyl (C=O) groups is 2. The molecule has 0 bridgehead atoms. The summed E-state index contributed by atoms with van der Waals surface area (Å²) in [7, 11) is 0. The van der Waals surface area contributed by atoms with Gasteiger partial charge in [-0.2, -0.15) is 0 Å². The first-order valence-electron chi connectivity index (χ1n) is 8.27. The van der Waals surface area contributed by atoms with Crippen LogP contribution in [0, 0.1) is 0 Å². The van der Waals surface area contributed by atoms with Crippen molar-refractivity contribution in [1.29, 1.82) is 0 Å². The molecular formula is C18H26N2O2. The van der Waals surface area contributed by atoms with Gasteiger partial charge in [0.05, 0.1) is 0 Å². The molecule has 120 valence electrons. The van der Waals surface area contributed by atoms with Crippen molar-refractivity contribution in [3.63, 3.8) is 0 Å². The quantitative estimate of drug-likeness (QED) is 0.858. The van der Waals surface area contributed by atoms with Gasteiger partial charge in [-0.1, -0.05) is 38.0 Å². The summed E-state index contributed by atoms with van der Waals surface area (Å²) in [5, 5.41) is 0. The first kappa shape index (κ1) is 16.5. The molecule has 1 fully saturated rings. The van der Waals surface area contributed by atoms with Gasteiger partial charge in [-0.3, -0.25) is 9.59 Å². The summed E-state index contributed by atoms with van der Waals surface area (Å²) >= 11 is 0. The van der Waals surface area contributed by atoms with E-state index in [0.717, 1.165) is 43.6 Å². The van der Waals surface area contributed by atoms with Crippen LogP contribution in [0.4, 0.5) is 5.69 Å². The van der Waals surface area contributed by atoms with Crippen molar-refractivity contribution >= 4 is 17.5 Å². The van der Waals surface area contributed by atoms with E-state index in [1.54, 1.807) is 4.90 Å². The molecule has 0 N–H and O–H groups in total. The molecule has 2 rings (SSSR count). The van der Waals surface area contributed by atoms with Gasteiger partial charge in [0.2, 0.25) is 11.8 Å². The SMILES string of the molecule is CCc1ccccc1N(CC(=O)N1CCCCCC1)C(C)=O. The molecule has 4 heteroatoms. The van der Waals surface area contributed by atoms with Gasteiger partial charge in [0, 0.05) is 25.7 Å². The van der Waals surface area contributed by atoms with E-state index in [-0.39, 0.29) is 18.4 Å². The fraction of sp³-hybridized carbons (Fsp3) is 0.556. The molecule has 1 aromatic carbocycles. The normalized spacial score (nSPS) is 15.3. The highest BCUT2D eigenvalue weighted by Gasteiger charge is 2.22. The summed E-state index contributed by atoms with van der Waals surface area (Å²) in [5.41, 5.74) is 1.96. The topological polar surface area (TPSA) is 40.6 Å². The molecule has 22 heavy (non-hydrogen) atoms. The third-order valence-electron chi connectivity index (χ3n) is 4.30. The molecule has 2 amide bonds. The van der Waals surface area contributed by atoms with Crippen molar-refractivity contribution in [2.45, 2.75) is 46.0 Å². The Morgan fingerprint density at radius 2 is 1.73 bits per heavy atom. The fourth-order valence-electron chi connectivity index (χ4n) is 2.99. The van der Waals surface area contributed by atoms with E-state index in [4.69, 9.17) is 0 Å². The van der Waals surface area contributed by atoms with Crippen LogP contribution in [0.5, 0.6) is 0 Å². The monoisotopic (exact) mass is 302 g/mol. The molecule has 4 nitrogen and oxygen atoms in total. The summed E-state index contributed by atoms with van der Waals surface area (Å²) in [6.07, 6.45) is 5.37. The zero-order valence-corrected chi connectivity index (χ0v) is 13.7. The molecule has 0 atom stereocenters. The summed E-state index contributed by atoms with van der Waals surface area (Å²) in [4.78, 5) is 28.2. The smallest absolute Gasteiger partial charge is 0.242 e. The lowest BCUT2D eigenvalue weighted by atomic mass is 10.1. The van der Waals surface area contributed by atoms with E-state index in [0.29, 0.717) is 0 Å². The van der Waals surface area contributed by atoms with E-state index in [1.165, 1.54) is 19.8 Å². The van der Waals surface area contributed by atoms with E-state index < -0.39 is 0 Å². The van der Waals surface area contributed by atoms with Crippen molar-refractivity contribution in [3.05, 3.63) is 29.8 Å². The molecule has 0 aliphatic carbocycles. The van der Waals surface area contributed by atoms with Gasteiger partial charge in [-0.15, -0.1) is 0 Å². The largest absolute Gasteiger partial charge is 0.341 e. The standard InChI is InChI=1S/C18H26N2O2/c1-3-16-10-6-7-11-17(16)20(15(2)21)14-18(22)19-12-8-4-5-9-13-19/h6-7,10-11H,3-5,8-9,12-14H2,1-2H3. The highest BCUT2D eigenvalue weighted by molar-refractivity contribution is 5.98. The Hall–Kier alpha value is -1.84. The highest BCUT2D eigenvalue weighted by atomic mass is 16.2. The minimum absolute atomic E-state index is 0.0583. The summed E-state index contributed by atoms with van der Waals surface area (Å²) in [6, 6.07) is 7.83. The number of benzene rings is 1. The maximum Gasteiger partial charge on any atom is 0.242 e. The molecule has 1 aliphatic heterocycles. The molecule has 0 aromatic heterocycles. The zero-order chi connectivity index (χ0) is 15.9. The Bertz CT molecular complexity index is 520. The lowest BCUT2D eigenvalue weighted by Gasteiger charge is -2.27. The minimum atomic E-state index is -0.0796. The van der Waals surface area contributed by atoms with Gasteiger partial charge in [0.25, 0.3) is 0 Å². The van der Waals surface area contributed by atoms with Crippen LogP contribution >= 0.6 is 0 Å². The Balaban J connectivity index is 2.14. The number of amides is 2. The number of rotatable bonds is 4. The minimum Gasteiger partial charge on any atom is -0.341 e. The number of anilines is 1. The predicted octanol–water partition coefficient (Wildman–Crippen LogP) is 3.00. The number of hydrogen-bond donors (Lipinski definition) is 0. The van der Waals surface area contributed by atoms with Gasteiger partial charge in [0.1, 0.15) is 6.54 Å². The number of para-hydroxylation sites is 1. The van der Waals surface area contributed by atoms with Gasteiger partial charge >= 0.3 is 0 Å². The van der Waals surface area contributed by atoms with Gasteiger partial charge < -0.3 is 9.80 Å². The second-order valence-electron chi connectivity index (χ2n) is 5.88. The molecule has 0 saturated carbocycles. The van der Waals surface area contributed by atoms with Crippen LogP contribution in [-0.4, -0.2) is 36.3 Å². The van der Waals surface area contributed by atoms with Crippen LogP contribution in [-0.2, 0) is 16.0 Å². The maximum absolute atomic E-state index is 12.6. The molecule has 0 spiro atoms. The third kappa shape index (κ3) is 4.09. The number of aryl methyl sites for hydroxylation is 1. The van der Waals surface area contributed by atoms with E-state index in [2.05, 4.69) is 6.92 Å². The third-order valence-corrected chi connectivity index (χ3v) is 4.30. The Morgan fingerprint density at radius 3 is 2.32 bits per heavy atom. The first-order chi connectivity index (χ1) is 10.6. The average molecular weight is 302 g/mol. The van der Waals surface area contributed by atoms with Crippen LogP contribution in [0.3, 0.4) is 0 Å². The van der Waals surface area contributed by atoms with Gasteiger partial charge in [0.15, 0.2) is 0 Å². The number of nitrogens with zero attached hydrogens (tertiary/aromatic N) is 2. The van der Waals surface area contributed by atoms with Crippen molar-refractivity contribution in [2.24, 2.45) is 0 Å². The molecule has 0 radical (unpaired) electrons. The second-order valence-corrected chi connectivity index (χ2v) is 5.88. The predicted molar refractivity (Wildman–Crippen MR) is 88.9 cm³/mol. The van der Waals surface area contributed by atoms with E-state index >= 15 is 0 Å². The van der Waals surface area contributed by atoms with Crippen LogP contribution in [0.15, 0.2) is 24.3 Å². The van der Waals surface area contributed by atoms with E-state index in [9.17, 15) is 9.59 Å². The summed E-state index contributed by atoms with van der Waals surface area (Å²) in [6.45, 7) is 5.38. The Kier molecular flexibility index (Phi) is 5.99. The van der Waals surface area contributed by atoms with E-state index in [1.807, 2.05) is 29.2 Å². The Labute approximate surface area is 133 Å². The molecular weight excluding hydrogens is 276 g/mol. The maximum atomic E-state index is 12.6. The lowest BCUT2D eigenvalue weighted by molar-refractivity contribution is -0.131. The molecule has 1 saturated heterocycles. The fourth-order valence-corrected chi connectivity index (χ4v) is 2.99. The molecule has 1 heterocycles. The molecule has 1 aromatic rings. The van der Waals surface area contributed by atoms with Crippen molar-refractivity contribution < 1.29 is 9.59 Å². The average Bonchev–Trinajstić information content (AvgIpc) is 2.81. The molecule has 0 unspecified atom stereocenters. The van der Waals surface area contributed by atoms with Crippen molar-refractivity contribution in [3.8, 4) is 0 Å². The van der Waals surface area contributed by atoms with Crippen LogP contribution in [0.2, 0.25) is 0 Å². The number of hydrogen-bond acceptors (Lipinski definition) is 2. The van der Waals surface area contributed by atoms with Crippen molar-refractivity contribution in [1.82, 2.24) is 4.90 Å². The summed E-state index contributed by atoms with van der Waals surface area (Å²) in [5.74, 6) is -0.0212. The Morgan fingerprint density at radius 1 is 1.09 bits per heavy atom. The van der Waals surface area contributed by atoms with Gasteiger partial charge in [-0.25, -0.2) is 0 Å². The zero-order valence-electron chi connectivity index (χ0n) is 13.7. The number of likely N-dealkylation sites (tertiary alicyclic amines) is 1. The number of carbonyl (C=O) groups excluding carboxylic acids is 2. The summed E-state index contributed by atoms with van der Waals surface area (Å²) < 4.78 is 0. The first-order valence-corrected chi connectivity index (χ1v) is 8.27. The van der Waals surface area contributed by atoms with Crippen LogP contribution < -0.4 is 4.90 Å². The van der Waals surface area contributed by atoms with Crippen molar-refractivity contribution in [2.75, 3.05) is 24.5 Å². The van der Waals surface area contributed by atoms with Crippen LogP contribution in [0.25, 0.3) is 0 Å². The lowest BCUT2D eigenvalue weighted by Crippen LogP contribution is -2.43. The van der Waals surface area contributed by atoms with Crippen LogP contribution in [0.1, 0.15) is 45.1 Å². The van der Waals surface area contributed by atoms with Gasteiger partial charge in [-0.05, 0) is 30.9 Å².